The number of aliphatic hydroxyl groups is 2. The molecule has 4 aliphatic heterocycles. The number of ether oxygens (including phenoxy) is 14. The minimum atomic E-state index is -0.590. The summed E-state index contributed by atoms with van der Waals surface area (Å²) in [4.78, 5) is 92.9. The Morgan fingerprint density at radius 1 is 0.491 bits per heavy atom. The van der Waals surface area contributed by atoms with Crippen molar-refractivity contribution in [2.75, 3.05) is 172 Å². The molecule has 3 aromatic carbocycles. The number of amides is 4. The summed E-state index contributed by atoms with van der Waals surface area (Å²) in [5, 5.41) is 24.7. The highest BCUT2D eigenvalue weighted by Crippen LogP contribution is 2.43. The molecule has 4 aromatic rings. The van der Waals surface area contributed by atoms with E-state index >= 15 is 0 Å². The van der Waals surface area contributed by atoms with Crippen molar-refractivity contribution in [3.05, 3.63) is 123 Å². The number of nitrogens with zero attached hydrogens (tertiary/aromatic N) is 5. The Balaban J connectivity index is 0.000000393. The maximum atomic E-state index is 13.8. The van der Waals surface area contributed by atoms with E-state index in [1.165, 1.54) is 63.1 Å². The van der Waals surface area contributed by atoms with Gasteiger partial charge in [-0.15, -0.1) is 23.5 Å². The number of methoxy groups -OCH3 is 4. The molecule has 2 saturated heterocycles. The number of aliphatic imine (C=N–C) groups is 2. The maximum absolute atomic E-state index is 13.8. The highest BCUT2D eigenvalue weighted by molar-refractivity contribution is 8.01. The topological polar surface area (TPSA) is 340 Å². The summed E-state index contributed by atoms with van der Waals surface area (Å²) in [5.74, 6) is 0.926. The monoisotopic (exact) mass is 1570 g/mol. The third-order valence-corrected chi connectivity index (χ3v) is 20.7. The average Bonchev–Trinajstić information content (AvgIpc) is 1.60. The fraction of sp³-hybridized carbons (Fsp3) is 0.557. The van der Waals surface area contributed by atoms with Crippen LogP contribution in [0.3, 0.4) is 0 Å². The molecule has 2 atom stereocenters. The summed E-state index contributed by atoms with van der Waals surface area (Å²) in [6, 6.07) is 16.0. The number of carbonyl (C=O) groups excluding carboxylic acids is 6. The third kappa shape index (κ3) is 28.9. The van der Waals surface area contributed by atoms with Crippen LogP contribution in [0, 0.1) is 0 Å². The van der Waals surface area contributed by atoms with Crippen molar-refractivity contribution >= 4 is 82.9 Å². The Bertz CT molecular complexity index is 3620. The summed E-state index contributed by atoms with van der Waals surface area (Å²) in [6.07, 6.45) is 9.67. The van der Waals surface area contributed by atoms with E-state index in [0.717, 1.165) is 35.1 Å². The summed E-state index contributed by atoms with van der Waals surface area (Å²) < 4.78 is 76.0. The number of hydrogen-bond acceptors (Lipinski definition) is 27. The number of benzene rings is 3. The molecule has 0 unspecified atom stereocenters. The molecule has 5 heterocycles. The molecule has 8 rings (SSSR count). The Hall–Kier alpha value is -8.05. The first-order valence-electron chi connectivity index (χ1n) is 36.8. The predicted octanol–water partition coefficient (Wildman–Crippen LogP) is 8.11. The van der Waals surface area contributed by atoms with Crippen molar-refractivity contribution in [2.45, 2.75) is 115 Å². The summed E-state index contributed by atoms with van der Waals surface area (Å²) in [6.45, 7) is 19.9. The van der Waals surface area contributed by atoms with E-state index in [1.807, 2.05) is 88.0 Å². The van der Waals surface area contributed by atoms with Gasteiger partial charge in [-0.1, -0.05) is 41.5 Å². The Labute approximate surface area is 653 Å². The van der Waals surface area contributed by atoms with Gasteiger partial charge < -0.3 is 97.0 Å². The van der Waals surface area contributed by atoms with Gasteiger partial charge in [0.25, 0.3) is 11.8 Å². The molecule has 0 saturated carbocycles. The fourth-order valence-electron chi connectivity index (χ4n) is 11.6. The van der Waals surface area contributed by atoms with E-state index in [2.05, 4.69) is 32.3 Å². The molecule has 4 N–H and O–H groups in total. The lowest BCUT2D eigenvalue weighted by atomic mass is 9.97. The highest BCUT2D eigenvalue weighted by Gasteiger charge is 2.37. The van der Waals surface area contributed by atoms with Gasteiger partial charge in [0, 0.05) is 60.2 Å². The van der Waals surface area contributed by atoms with E-state index in [-0.39, 0.29) is 110 Å². The molecule has 604 valence electrons. The number of fused-ring (bicyclic) bond motifs is 4. The van der Waals surface area contributed by atoms with Crippen LogP contribution in [0.4, 0.5) is 11.4 Å². The Morgan fingerprint density at radius 2 is 0.845 bits per heavy atom. The van der Waals surface area contributed by atoms with E-state index in [9.17, 15) is 39.0 Å². The van der Waals surface area contributed by atoms with Crippen molar-refractivity contribution in [2.24, 2.45) is 9.98 Å². The molecule has 110 heavy (non-hydrogen) atoms. The fourth-order valence-corrected chi connectivity index (χ4v) is 13.4. The average molecular weight is 1570 g/mol. The highest BCUT2D eigenvalue weighted by atomic mass is 32.2. The first kappa shape index (κ1) is 89.2. The quantitative estimate of drug-likeness (QED) is 0.0184. The SMILES string of the molecule is C/C=C1\C[C@H]2C=Nc3cc(OCc4cc(C(C)(C)SCC(=O)NCCOCCOCCOCCOCCC(=O)OC)cc(COc5cc6c(cc5OC)C(=O)N5C/C(=C/C)C[C@H]5C=N6)n4)c(OC)cc3C(=O)N2C1.COC(=O)CCOCCOCCOCCOCCNC(=O)CSC(C)(C)c1cc(CO)cc(CO)c1. The molecule has 29 nitrogen and oxygen atoms in total. The lowest BCUT2D eigenvalue weighted by molar-refractivity contribution is -0.142. The Kier molecular flexibility index (Phi) is 38.4. The van der Waals surface area contributed by atoms with Crippen molar-refractivity contribution in [3.63, 3.8) is 0 Å². The number of thioether (sulfide) groups is 2. The van der Waals surface area contributed by atoms with E-state index in [1.54, 1.807) is 30.3 Å². The number of hydrogen-bond donors (Lipinski definition) is 4. The number of rotatable bonds is 48. The third-order valence-electron chi connectivity index (χ3n) is 18.0. The second-order valence-corrected chi connectivity index (χ2v) is 29.7. The molecule has 2 fully saturated rings. The summed E-state index contributed by atoms with van der Waals surface area (Å²) >= 11 is 2.96. The van der Waals surface area contributed by atoms with Gasteiger partial charge >= 0.3 is 11.9 Å². The predicted molar refractivity (Wildman–Crippen MR) is 417 cm³/mol. The van der Waals surface area contributed by atoms with Gasteiger partial charge in [0.15, 0.2) is 23.0 Å². The second kappa shape index (κ2) is 47.3. The standard InChI is InChI=1S/C54H68N6O13S.C25H41NO9S/c1-8-35-20-40-28-56-44-26-48(46(65-5)24-42(44)52(63)59(40)30-35)72-32-38-22-37(54(3,4)74-34-50(61)55-11-13-69-15-17-71-19-18-70-16-14-68-12-10-51(62)67-7)23-39(58-38)33-73-49-27-45-43(25-47(49)66-6)53(64)60-31-36(9-2)21-41(60)29-57-45;1-25(2,22-15-20(17-27)14-21(16-22)18-28)36-19-23(29)26-5-7-33-9-11-35-13-12-34-10-8-32-6-4-24(30)31-3/h8-9,22-29,40-41H,10-21,30-34H2,1-7H3,(H,55,61);14-16,27-28H,4-13,17-19H2,1-3H3,(H,26,29)/b35-8+,36-9+;/t40-,41-;/m0./s1. The lowest BCUT2D eigenvalue weighted by Crippen LogP contribution is -2.35. The molecule has 1 aromatic heterocycles. The van der Waals surface area contributed by atoms with Crippen molar-refractivity contribution in [1.82, 2.24) is 25.4 Å². The van der Waals surface area contributed by atoms with Gasteiger partial charge in [-0.05, 0) is 101 Å². The van der Waals surface area contributed by atoms with E-state index < -0.39 is 4.75 Å². The first-order chi connectivity index (χ1) is 53.2. The zero-order chi connectivity index (χ0) is 79.3. The maximum Gasteiger partial charge on any atom is 0.307 e. The second-order valence-electron chi connectivity index (χ2n) is 26.5. The molecule has 0 aliphatic carbocycles. The molecule has 4 amide bonds. The first-order valence-corrected chi connectivity index (χ1v) is 38.7. The molecule has 31 heteroatoms. The van der Waals surface area contributed by atoms with Crippen LogP contribution in [0.25, 0.3) is 0 Å². The molecular formula is C79H109N7O22S2. The van der Waals surface area contributed by atoms with Crippen LogP contribution in [0.2, 0.25) is 0 Å². The lowest BCUT2D eigenvalue weighted by Gasteiger charge is -2.26. The van der Waals surface area contributed by atoms with Crippen LogP contribution in [0.15, 0.2) is 87.9 Å². The number of esters is 2. The Morgan fingerprint density at radius 3 is 1.19 bits per heavy atom. The molecule has 0 radical (unpaired) electrons. The van der Waals surface area contributed by atoms with Gasteiger partial charge in [-0.3, -0.25) is 43.7 Å². The van der Waals surface area contributed by atoms with Crippen LogP contribution < -0.4 is 29.6 Å². The zero-order valence-electron chi connectivity index (χ0n) is 65.0. The molecule has 0 spiro atoms. The van der Waals surface area contributed by atoms with Gasteiger partial charge in [-0.2, -0.15) is 0 Å². The number of aromatic nitrogens is 1. The van der Waals surface area contributed by atoms with Crippen molar-refractivity contribution in [1.29, 1.82) is 0 Å². The molecule has 0 bridgehead atoms. The molecular weight excluding hydrogens is 1460 g/mol. The summed E-state index contributed by atoms with van der Waals surface area (Å²) in [7, 11) is 5.74. The van der Waals surface area contributed by atoms with Crippen LogP contribution in [0.5, 0.6) is 23.0 Å². The van der Waals surface area contributed by atoms with Gasteiger partial charge in [0.2, 0.25) is 11.8 Å². The molecule has 4 aliphatic rings. The van der Waals surface area contributed by atoms with Crippen molar-refractivity contribution < 1.29 is 105 Å². The van der Waals surface area contributed by atoms with Crippen molar-refractivity contribution in [3.8, 4) is 23.0 Å². The summed E-state index contributed by atoms with van der Waals surface area (Å²) in [5.41, 5.74) is 8.69. The number of aliphatic hydroxyl groups excluding tert-OH is 2. The number of nitrogens with one attached hydrogen (secondary N) is 2. The van der Waals surface area contributed by atoms with Crippen LogP contribution in [-0.2, 0) is 102 Å². The minimum Gasteiger partial charge on any atom is -0.493 e. The van der Waals surface area contributed by atoms with Crippen LogP contribution in [-0.4, -0.2) is 257 Å². The largest absolute Gasteiger partial charge is 0.493 e. The van der Waals surface area contributed by atoms with Crippen LogP contribution in [0.1, 0.15) is 122 Å². The minimum absolute atomic E-state index is 0.0228. The van der Waals surface area contributed by atoms with E-state index in [4.69, 9.17) is 71.8 Å². The number of carbonyl (C=O) groups is 6. The smallest absolute Gasteiger partial charge is 0.307 e. The normalized spacial score (nSPS) is 15.8. The van der Waals surface area contributed by atoms with Gasteiger partial charge in [0.1, 0.15) is 13.2 Å². The zero-order valence-corrected chi connectivity index (χ0v) is 66.6. The number of pyridine rings is 1. The number of allylic oxidation sites excluding steroid dienone is 2. The van der Waals surface area contributed by atoms with Gasteiger partial charge in [0.05, 0.1) is 218 Å². The van der Waals surface area contributed by atoms with Crippen LogP contribution >= 0.6 is 23.5 Å². The van der Waals surface area contributed by atoms with Gasteiger partial charge in [-0.25, -0.2) is 0 Å². The van der Waals surface area contributed by atoms with E-state index in [0.29, 0.717) is 182 Å².